The van der Waals surface area contributed by atoms with Crippen molar-refractivity contribution < 1.29 is 14.3 Å². The molecule has 0 saturated carbocycles. The van der Waals surface area contributed by atoms with Crippen molar-refractivity contribution in [2.75, 3.05) is 18.9 Å². The van der Waals surface area contributed by atoms with Crippen LogP contribution in [0.5, 0.6) is 5.75 Å². The molecule has 21 heavy (non-hydrogen) atoms. The SMILES string of the molecule is Nc1ccc(OCCC(=O)OCCc2cccnc2)cc1. The van der Waals surface area contributed by atoms with Crippen LogP contribution in [0.15, 0.2) is 48.8 Å². The summed E-state index contributed by atoms with van der Waals surface area (Å²) in [6, 6.07) is 10.8. The number of nitrogens with zero attached hydrogens (tertiary/aromatic N) is 1. The second-order valence-electron chi connectivity index (χ2n) is 4.50. The van der Waals surface area contributed by atoms with Crippen LogP contribution in [0.25, 0.3) is 0 Å². The van der Waals surface area contributed by atoms with Gasteiger partial charge in [0.1, 0.15) is 5.75 Å². The summed E-state index contributed by atoms with van der Waals surface area (Å²) in [4.78, 5) is 15.5. The van der Waals surface area contributed by atoms with Gasteiger partial charge >= 0.3 is 5.97 Å². The average Bonchev–Trinajstić information content (AvgIpc) is 2.50. The summed E-state index contributed by atoms with van der Waals surface area (Å²) in [6.45, 7) is 0.641. The summed E-state index contributed by atoms with van der Waals surface area (Å²) >= 11 is 0. The van der Waals surface area contributed by atoms with E-state index in [2.05, 4.69) is 4.98 Å². The van der Waals surface area contributed by atoms with Gasteiger partial charge in [-0.05, 0) is 35.9 Å². The first-order chi connectivity index (χ1) is 10.2. The van der Waals surface area contributed by atoms with E-state index in [0.29, 0.717) is 24.5 Å². The van der Waals surface area contributed by atoms with Crippen LogP contribution < -0.4 is 10.5 Å². The molecule has 1 aromatic carbocycles. The molecular formula is C16H18N2O3. The van der Waals surface area contributed by atoms with Crippen LogP contribution in [-0.4, -0.2) is 24.2 Å². The lowest BCUT2D eigenvalue weighted by molar-refractivity contribution is -0.144. The van der Waals surface area contributed by atoms with Crippen LogP contribution in [0, 0.1) is 0 Å². The van der Waals surface area contributed by atoms with E-state index in [4.69, 9.17) is 15.2 Å². The first kappa shape index (κ1) is 14.8. The van der Waals surface area contributed by atoms with Gasteiger partial charge in [-0.3, -0.25) is 9.78 Å². The van der Waals surface area contributed by atoms with Crippen molar-refractivity contribution in [1.82, 2.24) is 4.98 Å². The van der Waals surface area contributed by atoms with E-state index >= 15 is 0 Å². The highest BCUT2D eigenvalue weighted by molar-refractivity contribution is 5.69. The fraction of sp³-hybridized carbons (Fsp3) is 0.250. The average molecular weight is 286 g/mol. The summed E-state index contributed by atoms with van der Waals surface area (Å²) in [5.41, 5.74) is 7.30. The van der Waals surface area contributed by atoms with E-state index in [1.807, 2.05) is 12.1 Å². The third-order valence-corrected chi connectivity index (χ3v) is 2.83. The Morgan fingerprint density at radius 2 is 1.95 bits per heavy atom. The van der Waals surface area contributed by atoms with Crippen molar-refractivity contribution in [1.29, 1.82) is 0 Å². The standard InChI is InChI=1S/C16H18N2O3/c17-14-3-5-15(6-4-14)20-11-8-16(19)21-10-7-13-2-1-9-18-12-13/h1-6,9,12H,7-8,10-11,17H2. The lowest BCUT2D eigenvalue weighted by atomic mass is 10.2. The molecule has 110 valence electrons. The quantitative estimate of drug-likeness (QED) is 0.624. The first-order valence-electron chi connectivity index (χ1n) is 6.77. The number of carbonyl (C=O) groups is 1. The molecule has 2 rings (SSSR count). The van der Waals surface area contributed by atoms with E-state index in [9.17, 15) is 4.79 Å². The number of rotatable bonds is 7. The minimum Gasteiger partial charge on any atom is -0.493 e. The van der Waals surface area contributed by atoms with E-state index in [1.165, 1.54) is 0 Å². The smallest absolute Gasteiger partial charge is 0.309 e. The van der Waals surface area contributed by atoms with Gasteiger partial charge in [0, 0.05) is 24.5 Å². The van der Waals surface area contributed by atoms with Crippen LogP contribution >= 0.6 is 0 Å². The fourth-order valence-electron chi connectivity index (χ4n) is 1.72. The molecule has 5 heteroatoms. The summed E-state index contributed by atoms with van der Waals surface area (Å²) in [6.07, 6.45) is 4.36. The van der Waals surface area contributed by atoms with Crippen LogP contribution in [-0.2, 0) is 16.0 Å². The Morgan fingerprint density at radius 1 is 1.14 bits per heavy atom. The molecule has 1 heterocycles. The van der Waals surface area contributed by atoms with Crippen LogP contribution in [0.3, 0.4) is 0 Å². The van der Waals surface area contributed by atoms with Gasteiger partial charge in [0.05, 0.1) is 19.6 Å². The van der Waals surface area contributed by atoms with Crippen molar-refractivity contribution in [3.8, 4) is 5.75 Å². The Labute approximate surface area is 123 Å². The van der Waals surface area contributed by atoms with E-state index in [-0.39, 0.29) is 19.0 Å². The van der Waals surface area contributed by atoms with Crippen molar-refractivity contribution in [3.63, 3.8) is 0 Å². The summed E-state index contributed by atoms with van der Waals surface area (Å²) in [7, 11) is 0. The summed E-state index contributed by atoms with van der Waals surface area (Å²) in [5.74, 6) is 0.418. The normalized spacial score (nSPS) is 10.1. The van der Waals surface area contributed by atoms with Gasteiger partial charge < -0.3 is 15.2 Å². The lowest BCUT2D eigenvalue weighted by Gasteiger charge is -2.07. The molecule has 0 atom stereocenters. The zero-order valence-electron chi connectivity index (χ0n) is 11.7. The molecule has 0 spiro atoms. The number of aromatic nitrogens is 1. The number of benzene rings is 1. The number of anilines is 1. The van der Waals surface area contributed by atoms with Crippen molar-refractivity contribution >= 4 is 11.7 Å². The van der Waals surface area contributed by atoms with Crippen molar-refractivity contribution in [2.45, 2.75) is 12.8 Å². The third kappa shape index (κ3) is 5.52. The molecule has 2 aromatic rings. The molecule has 0 saturated heterocycles. The summed E-state index contributed by atoms with van der Waals surface area (Å²) in [5, 5.41) is 0. The highest BCUT2D eigenvalue weighted by Gasteiger charge is 2.04. The van der Waals surface area contributed by atoms with E-state index in [0.717, 1.165) is 5.56 Å². The molecule has 0 bridgehead atoms. The van der Waals surface area contributed by atoms with Gasteiger partial charge in [-0.15, -0.1) is 0 Å². The van der Waals surface area contributed by atoms with Crippen LogP contribution in [0.4, 0.5) is 5.69 Å². The Morgan fingerprint density at radius 3 is 2.67 bits per heavy atom. The van der Waals surface area contributed by atoms with E-state index in [1.54, 1.807) is 36.7 Å². The zero-order valence-corrected chi connectivity index (χ0v) is 11.7. The van der Waals surface area contributed by atoms with Gasteiger partial charge in [0.25, 0.3) is 0 Å². The molecule has 0 fully saturated rings. The molecule has 0 unspecified atom stereocenters. The fourth-order valence-corrected chi connectivity index (χ4v) is 1.72. The van der Waals surface area contributed by atoms with E-state index < -0.39 is 0 Å². The number of carbonyl (C=O) groups excluding carboxylic acids is 1. The largest absolute Gasteiger partial charge is 0.493 e. The Bertz CT molecular complexity index is 555. The van der Waals surface area contributed by atoms with Crippen molar-refractivity contribution in [2.24, 2.45) is 0 Å². The Kier molecular flexibility index (Phi) is 5.58. The maximum atomic E-state index is 11.5. The number of nitrogen functional groups attached to an aromatic ring is 1. The molecule has 0 aliphatic heterocycles. The second kappa shape index (κ2) is 7.89. The molecular weight excluding hydrogens is 268 g/mol. The first-order valence-corrected chi connectivity index (χ1v) is 6.77. The monoisotopic (exact) mass is 286 g/mol. The zero-order chi connectivity index (χ0) is 14.9. The topological polar surface area (TPSA) is 74.4 Å². The Hall–Kier alpha value is -2.56. The molecule has 0 aliphatic carbocycles. The second-order valence-corrected chi connectivity index (χ2v) is 4.50. The van der Waals surface area contributed by atoms with Gasteiger partial charge in [-0.25, -0.2) is 0 Å². The predicted octanol–water partition coefficient (Wildman–Crippen LogP) is 2.22. The number of ether oxygens (including phenoxy) is 2. The molecule has 0 aliphatic rings. The predicted molar refractivity (Wildman–Crippen MR) is 79.9 cm³/mol. The molecule has 5 nitrogen and oxygen atoms in total. The number of esters is 1. The highest BCUT2D eigenvalue weighted by Crippen LogP contribution is 2.13. The minimum absolute atomic E-state index is 0.220. The molecule has 2 N–H and O–H groups in total. The number of pyridine rings is 1. The third-order valence-electron chi connectivity index (χ3n) is 2.83. The number of hydrogen-bond donors (Lipinski definition) is 1. The molecule has 0 radical (unpaired) electrons. The highest BCUT2D eigenvalue weighted by atomic mass is 16.5. The van der Waals surface area contributed by atoms with Gasteiger partial charge in [0.2, 0.25) is 0 Å². The van der Waals surface area contributed by atoms with Crippen molar-refractivity contribution in [3.05, 3.63) is 54.4 Å². The van der Waals surface area contributed by atoms with Gasteiger partial charge in [-0.1, -0.05) is 6.07 Å². The maximum absolute atomic E-state index is 11.5. The molecule has 0 amide bonds. The summed E-state index contributed by atoms with van der Waals surface area (Å²) < 4.78 is 10.6. The minimum atomic E-state index is -0.269. The Balaban J connectivity index is 1.60. The van der Waals surface area contributed by atoms with Crippen LogP contribution in [0.1, 0.15) is 12.0 Å². The molecule has 1 aromatic heterocycles. The van der Waals surface area contributed by atoms with Crippen LogP contribution in [0.2, 0.25) is 0 Å². The number of nitrogens with two attached hydrogens (primary N) is 1. The lowest BCUT2D eigenvalue weighted by Crippen LogP contribution is -2.11. The number of hydrogen-bond acceptors (Lipinski definition) is 5. The van der Waals surface area contributed by atoms with Gasteiger partial charge in [-0.2, -0.15) is 0 Å². The maximum Gasteiger partial charge on any atom is 0.309 e. The van der Waals surface area contributed by atoms with Gasteiger partial charge in [0.15, 0.2) is 0 Å².